The topological polar surface area (TPSA) is 101 Å². The largest absolute Gasteiger partial charge is 0.355 e. The minimum Gasteiger partial charge on any atom is -0.355 e. The molecule has 0 bridgehead atoms. The van der Waals surface area contributed by atoms with Crippen LogP contribution in [-0.4, -0.2) is 39.2 Å². The number of carbonyl (C=O) groups is 1. The number of nitrogens with two attached hydrogens (primary N) is 1. The molecule has 1 aliphatic carbocycles. The van der Waals surface area contributed by atoms with Gasteiger partial charge in [0.25, 0.3) is 0 Å². The van der Waals surface area contributed by atoms with Crippen molar-refractivity contribution in [3.05, 3.63) is 0 Å². The van der Waals surface area contributed by atoms with Gasteiger partial charge in [0.05, 0.1) is 5.75 Å². The summed E-state index contributed by atoms with van der Waals surface area (Å²) < 4.78 is 25.9. The van der Waals surface area contributed by atoms with E-state index < -0.39 is 10.0 Å². The van der Waals surface area contributed by atoms with Crippen LogP contribution in [-0.2, 0) is 14.8 Å². The van der Waals surface area contributed by atoms with Gasteiger partial charge in [-0.15, -0.1) is 12.4 Å². The first-order valence-corrected chi connectivity index (χ1v) is 8.47. The summed E-state index contributed by atoms with van der Waals surface area (Å²) >= 11 is 0. The predicted molar refractivity (Wildman–Crippen MR) is 82.2 cm³/mol. The van der Waals surface area contributed by atoms with Gasteiger partial charge in [-0.3, -0.25) is 4.79 Å². The lowest BCUT2D eigenvalue weighted by molar-refractivity contribution is -0.124. The van der Waals surface area contributed by atoms with E-state index in [9.17, 15) is 13.2 Å². The summed E-state index contributed by atoms with van der Waals surface area (Å²) in [4.78, 5) is 11.6. The number of amides is 1. The van der Waals surface area contributed by atoms with Crippen LogP contribution in [0.4, 0.5) is 0 Å². The van der Waals surface area contributed by atoms with Crippen molar-refractivity contribution in [3.63, 3.8) is 0 Å². The van der Waals surface area contributed by atoms with Crippen LogP contribution in [0.15, 0.2) is 0 Å². The van der Waals surface area contributed by atoms with Gasteiger partial charge in [-0.25, -0.2) is 13.1 Å². The Labute approximate surface area is 127 Å². The van der Waals surface area contributed by atoms with Gasteiger partial charge >= 0.3 is 0 Å². The van der Waals surface area contributed by atoms with Crippen LogP contribution in [0.25, 0.3) is 0 Å². The highest BCUT2D eigenvalue weighted by atomic mass is 35.5. The average Bonchev–Trinajstić information content (AvgIpc) is 2.25. The predicted octanol–water partition coefficient (Wildman–Crippen LogP) is 0.227. The van der Waals surface area contributed by atoms with Crippen molar-refractivity contribution < 1.29 is 13.2 Å². The number of carbonyl (C=O) groups excluding carboxylic acids is 1. The second kappa shape index (κ2) is 8.81. The van der Waals surface area contributed by atoms with Gasteiger partial charge in [0.15, 0.2) is 0 Å². The van der Waals surface area contributed by atoms with Crippen LogP contribution in [0.2, 0.25) is 0 Å². The van der Waals surface area contributed by atoms with Crippen molar-refractivity contribution in [2.24, 2.45) is 17.6 Å². The third kappa shape index (κ3) is 6.88. The standard InChI is InChI=1S/C12H25N3O3S.ClH/c1-9(10(2)13)12(16)14-6-7-19(17,18)15-8-11-4-3-5-11;/h9-11,15H,3-8,13H2,1-2H3,(H,14,16);1H. The maximum Gasteiger partial charge on any atom is 0.224 e. The van der Waals surface area contributed by atoms with Crippen molar-refractivity contribution in [2.45, 2.75) is 39.2 Å². The number of sulfonamides is 1. The fourth-order valence-corrected chi connectivity index (χ4v) is 2.73. The second-order valence-corrected chi connectivity index (χ2v) is 7.33. The van der Waals surface area contributed by atoms with E-state index in [4.69, 9.17) is 5.73 Å². The van der Waals surface area contributed by atoms with Crippen molar-refractivity contribution >= 4 is 28.3 Å². The van der Waals surface area contributed by atoms with Gasteiger partial charge in [-0.1, -0.05) is 13.3 Å². The molecule has 2 unspecified atom stereocenters. The van der Waals surface area contributed by atoms with Crippen LogP contribution >= 0.6 is 12.4 Å². The first-order chi connectivity index (χ1) is 8.82. The quantitative estimate of drug-likeness (QED) is 0.594. The Hall–Kier alpha value is -0.370. The molecule has 0 aliphatic heterocycles. The molecule has 1 rings (SSSR count). The Morgan fingerprint density at radius 3 is 2.40 bits per heavy atom. The monoisotopic (exact) mass is 327 g/mol. The zero-order valence-corrected chi connectivity index (χ0v) is 13.7. The van der Waals surface area contributed by atoms with E-state index in [2.05, 4.69) is 10.0 Å². The number of nitrogens with one attached hydrogen (secondary N) is 2. The number of rotatable bonds is 8. The zero-order chi connectivity index (χ0) is 14.5. The minimum atomic E-state index is -3.29. The van der Waals surface area contributed by atoms with Gasteiger partial charge in [0.2, 0.25) is 15.9 Å². The Bertz CT molecular complexity index is 397. The van der Waals surface area contributed by atoms with Crippen LogP contribution in [0, 0.1) is 11.8 Å². The van der Waals surface area contributed by atoms with Crippen molar-refractivity contribution in [3.8, 4) is 0 Å². The zero-order valence-electron chi connectivity index (χ0n) is 12.1. The van der Waals surface area contributed by atoms with Gasteiger partial charge in [0, 0.05) is 25.0 Å². The van der Waals surface area contributed by atoms with E-state index in [1.54, 1.807) is 13.8 Å². The SMILES string of the molecule is CC(N)C(C)C(=O)NCCS(=O)(=O)NCC1CCC1.Cl. The second-order valence-electron chi connectivity index (χ2n) is 5.40. The van der Waals surface area contributed by atoms with Crippen molar-refractivity contribution in [2.75, 3.05) is 18.8 Å². The Balaban J connectivity index is 0.00000361. The van der Waals surface area contributed by atoms with E-state index in [-0.39, 0.29) is 42.6 Å². The first kappa shape index (κ1) is 19.6. The van der Waals surface area contributed by atoms with Crippen molar-refractivity contribution in [1.82, 2.24) is 10.0 Å². The third-order valence-electron chi connectivity index (χ3n) is 3.69. The molecule has 0 aromatic rings. The Morgan fingerprint density at radius 1 is 1.35 bits per heavy atom. The molecule has 0 saturated heterocycles. The maximum atomic E-state index is 11.7. The minimum absolute atomic E-state index is 0. The van der Waals surface area contributed by atoms with Gasteiger partial charge in [0.1, 0.15) is 0 Å². The van der Waals surface area contributed by atoms with Gasteiger partial charge < -0.3 is 11.1 Å². The molecule has 1 amide bonds. The lowest BCUT2D eigenvalue weighted by Gasteiger charge is -2.25. The maximum absolute atomic E-state index is 11.7. The summed E-state index contributed by atoms with van der Waals surface area (Å²) in [6.45, 7) is 4.12. The molecule has 0 radical (unpaired) electrons. The Kier molecular flexibility index (Phi) is 8.65. The number of hydrogen-bond acceptors (Lipinski definition) is 4. The van der Waals surface area contributed by atoms with Gasteiger partial charge in [-0.05, 0) is 25.7 Å². The van der Waals surface area contributed by atoms with E-state index in [1.165, 1.54) is 6.42 Å². The van der Waals surface area contributed by atoms with E-state index in [0.717, 1.165) is 12.8 Å². The molecule has 120 valence electrons. The third-order valence-corrected chi connectivity index (χ3v) is 5.04. The van der Waals surface area contributed by atoms with E-state index in [1.807, 2.05) is 0 Å². The summed E-state index contributed by atoms with van der Waals surface area (Å²) in [5.74, 6) is -0.116. The smallest absolute Gasteiger partial charge is 0.224 e. The molecule has 20 heavy (non-hydrogen) atoms. The molecule has 1 aliphatic rings. The molecule has 0 aromatic carbocycles. The molecule has 2 atom stereocenters. The average molecular weight is 328 g/mol. The number of halogens is 1. The van der Waals surface area contributed by atoms with E-state index >= 15 is 0 Å². The van der Waals surface area contributed by atoms with Crippen LogP contribution < -0.4 is 15.8 Å². The highest BCUT2D eigenvalue weighted by Gasteiger charge is 2.21. The summed E-state index contributed by atoms with van der Waals surface area (Å²) in [7, 11) is -3.29. The van der Waals surface area contributed by atoms with Crippen molar-refractivity contribution in [1.29, 1.82) is 0 Å². The Morgan fingerprint density at radius 2 is 1.95 bits per heavy atom. The molecule has 0 spiro atoms. The molecule has 0 heterocycles. The van der Waals surface area contributed by atoms with E-state index in [0.29, 0.717) is 12.5 Å². The molecule has 6 nitrogen and oxygen atoms in total. The highest BCUT2D eigenvalue weighted by Crippen LogP contribution is 2.25. The molecular weight excluding hydrogens is 302 g/mol. The van der Waals surface area contributed by atoms with Crippen LogP contribution in [0.1, 0.15) is 33.1 Å². The van der Waals surface area contributed by atoms with Gasteiger partial charge in [-0.2, -0.15) is 0 Å². The highest BCUT2D eigenvalue weighted by molar-refractivity contribution is 7.89. The normalized spacial score (nSPS) is 18.6. The van der Waals surface area contributed by atoms with Crippen LogP contribution in [0.5, 0.6) is 0 Å². The summed E-state index contributed by atoms with van der Waals surface area (Å²) in [5.41, 5.74) is 5.61. The number of hydrogen-bond donors (Lipinski definition) is 3. The molecule has 4 N–H and O–H groups in total. The summed E-state index contributed by atoms with van der Waals surface area (Å²) in [6.07, 6.45) is 3.40. The molecule has 8 heteroatoms. The van der Waals surface area contributed by atoms with Crippen LogP contribution in [0.3, 0.4) is 0 Å². The molecular formula is C12H26ClN3O3S. The first-order valence-electron chi connectivity index (χ1n) is 6.82. The summed E-state index contributed by atoms with van der Waals surface area (Å²) in [6, 6.07) is -0.242. The lowest BCUT2D eigenvalue weighted by atomic mass is 9.86. The fourth-order valence-electron chi connectivity index (χ4n) is 1.72. The molecule has 1 saturated carbocycles. The summed E-state index contributed by atoms with van der Waals surface area (Å²) in [5, 5.41) is 2.60. The molecule has 1 fully saturated rings. The lowest BCUT2D eigenvalue weighted by Crippen LogP contribution is -2.42. The fraction of sp³-hybridized carbons (Fsp3) is 0.917. The molecule has 0 aromatic heterocycles.